The number of rotatable bonds is 5. The molecule has 2 aliphatic rings. The smallest absolute Gasteiger partial charge is 0.327 e. The Labute approximate surface area is 139 Å². The molecule has 8 heteroatoms. The van der Waals surface area contributed by atoms with Gasteiger partial charge in [0.2, 0.25) is 5.91 Å². The van der Waals surface area contributed by atoms with Crippen molar-refractivity contribution in [2.45, 2.75) is 12.5 Å². The summed E-state index contributed by atoms with van der Waals surface area (Å²) in [5, 5.41) is 2.89. The number of ether oxygens (including phenoxy) is 1. The van der Waals surface area contributed by atoms with Crippen LogP contribution in [0, 0.1) is 5.92 Å². The van der Waals surface area contributed by atoms with E-state index in [4.69, 9.17) is 4.74 Å². The quantitative estimate of drug-likeness (QED) is 0.744. The molecule has 3 rings (SSSR count). The van der Waals surface area contributed by atoms with Gasteiger partial charge in [0, 0.05) is 25.4 Å². The minimum absolute atomic E-state index is 0.0172. The van der Waals surface area contributed by atoms with E-state index in [1.807, 2.05) is 12.1 Å². The summed E-state index contributed by atoms with van der Waals surface area (Å²) in [5.41, 5.74) is 1.13. The van der Waals surface area contributed by atoms with Gasteiger partial charge in [-0.1, -0.05) is 0 Å². The summed E-state index contributed by atoms with van der Waals surface area (Å²) in [6.45, 7) is 0.769. The van der Waals surface area contributed by atoms with Crippen LogP contribution in [0.4, 0.5) is 4.79 Å². The first-order valence-electron chi connectivity index (χ1n) is 7.86. The van der Waals surface area contributed by atoms with E-state index >= 15 is 0 Å². The lowest BCUT2D eigenvalue weighted by Crippen LogP contribution is -2.47. The van der Waals surface area contributed by atoms with Crippen molar-refractivity contribution >= 4 is 17.8 Å². The molecule has 2 atom stereocenters. The van der Waals surface area contributed by atoms with Gasteiger partial charge in [-0.3, -0.25) is 19.5 Å². The van der Waals surface area contributed by atoms with E-state index in [1.165, 1.54) is 11.9 Å². The Hall–Kier alpha value is -2.48. The van der Waals surface area contributed by atoms with Crippen molar-refractivity contribution in [1.82, 2.24) is 20.1 Å². The van der Waals surface area contributed by atoms with Gasteiger partial charge in [-0.05, 0) is 24.1 Å². The fraction of sp³-hybridized carbons (Fsp3) is 0.500. The standard InChI is InChI=1S/C16H20N4O4/c1-19-8-15(22)20(16(19)23)7-14(21)18-13-10-24-9-12(13)6-11-2-4-17-5-3-11/h2-5,12-13H,6-10H2,1H3,(H,18,21)/t12-,13+/m1/s1. The largest absolute Gasteiger partial charge is 0.379 e. The van der Waals surface area contributed by atoms with Crippen molar-refractivity contribution in [3.8, 4) is 0 Å². The molecule has 2 saturated heterocycles. The molecule has 1 aromatic heterocycles. The molecule has 0 bridgehead atoms. The van der Waals surface area contributed by atoms with Gasteiger partial charge in [0.25, 0.3) is 5.91 Å². The van der Waals surface area contributed by atoms with Crippen LogP contribution in [0.15, 0.2) is 24.5 Å². The van der Waals surface area contributed by atoms with Gasteiger partial charge in [0.05, 0.1) is 19.3 Å². The highest BCUT2D eigenvalue weighted by Gasteiger charge is 2.36. The van der Waals surface area contributed by atoms with E-state index in [0.717, 1.165) is 16.9 Å². The van der Waals surface area contributed by atoms with Crippen LogP contribution in [0.1, 0.15) is 5.56 Å². The Kier molecular flexibility index (Phi) is 4.75. The van der Waals surface area contributed by atoms with Crippen LogP contribution in [0.2, 0.25) is 0 Å². The molecule has 0 unspecified atom stereocenters. The van der Waals surface area contributed by atoms with Gasteiger partial charge >= 0.3 is 6.03 Å². The van der Waals surface area contributed by atoms with Crippen LogP contribution >= 0.6 is 0 Å². The maximum absolute atomic E-state index is 12.2. The van der Waals surface area contributed by atoms with Gasteiger partial charge < -0.3 is 15.0 Å². The maximum Gasteiger partial charge on any atom is 0.327 e. The van der Waals surface area contributed by atoms with E-state index in [0.29, 0.717) is 13.2 Å². The number of hydrogen-bond acceptors (Lipinski definition) is 5. The third-order valence-corrected chi connectivity index (χ3v) is 4.32. The van der Waals surface area contributed by atoms with Gasteiger partial charge in [-0.25, -0.2) is 4.79 Å². The molecule has 0 aliphatic carbocycles. The SMILES string of the molecule is CN1CC(=O)N(CC(=O)N[C@H]2COC[C@H]2Cc2ccncc2)C1=O. The average molecular weight is 332 g/mol. The number of imide groups is 1. The predicted octanol–water partition coefficient (Wildman–Crippen LogP) is -0.351. The van der Waals surface area contributed by atoms with E-state index in [9.17, 15) is 14.4 Å². The molecular weight excluding hydrogens is 312 g/mol. The monoisotopic (exact) mass is 332 g/mol. The van der Waals surface area contributed by atoms with Crippen molar-refractivity contribution in [2.75, 3.05) is 33.4 Å². The number of carbonyl (C=O) groups excluding carboxylic acids is 3. The third-order valence-electron chi connectivity index (χ3n) is 4.32. The van der Waals surface area contributed by atoms with Crippen LogP contribution in [0.3, 0.4) is 0 Å². The normalized spacial score (nSPS) is 23.9. The second kappa shape index (κ2) is 6.96. The number of urea groups is 1. The Balaban J connectivity index is 1.55. The number of likely N-dealkylation sites (N-methyl/N-ethyl adjacent to an activating group) is 1. The molecule has 8 nitrogen and oxygen atoms in total. The number of hydrogen-bond donors (Lipinski definition) is 1. The first-order chi connectivity index (χ1) is 11.5. The highest BCUT2D eigenvalue weighted by atomic mass is 16.5. The van der Waals surface area contributed by atoms with Crippen molar-refractivity contribution in [3.05, 3.63) is 30.1 Å². The lowest BCUT2D eigenvalue weighted by Gasteiger charge is -2.21. The summed E-state index contributed by atoms with van der Waals surface area (Å²) in [7, 11) is 1.54. The number of amides is 4. The van der Waals surface area contributed by atoms with Crippen molar-refractivity contribution in [1.29, 1.82) is 0 Å². The zero-order valence-electron chi connectivity index (χ0n) is 13.5. The van der Waals surface area contributed by atoms with Crippen LogP contribution < -0.4 is 5.32 Å². The summed E-state index contributed by atoms with van der Waals surface area (Å²) < 4.78 is 5.49. The number of nitrogens with one attached hydrogen (secondary N) is 1. The maximum atomic E-state index is 12.2. The third kappa shape index (κ3) is 3.53. The van der Waals surface area contributed by atoms with Gasteiger partial charge in [0.1, 0.15) is 13.1 Å². The Bertz CT molecular complexity index is 636. The van der Waals surface area contributed by atoms with Crippen molar-refractivity contribution < 1.29 is 19.1 Å². The minimum Gasteiger partial charge on any atom is -0.379 e. The molecule has 0 aromatic carbocycles. The molecule has 3 heterocycles. The lowest BCUT2D eigenvalue weighted by atomic mass is 9.95. The topological polar surface area (TPSA) is 91.8 Å². The number of pyridine rings is 1. The highest BCUT2D eigenvalue weighted by molar-refractivity contribution is 6.04. The first kappa shape index (κ1) is 16.4. The number of aromatic nitrogens is 1. The number of nitrogens with zero attached hydrogens (tertiary/aromatic N) is 3. The molecule has 1 aromatic rings. The zero-order valence-corrected chi connectivity index (χ0v) is 13.5. The predicted molar refractivity (Wildman–Crippen MR) is 83.9 cm³/mol. The molecule has 128 valence electrons. The second-order valence-electron chi connectivity index (χ2n) is 6.15. The van der Waals surface area contributed by atoms with Gasteiger partial charge in [-0.2, -0.15) is 0 Å². The zero-order chi connectivity index (χ0) is 17.1. The molecule has 1 N–H and O–H groups in total. The summed E-state index contributed by atoms with van der Waals surface area (Å²) in [6.07, 6.45) is 4.25. The van der Waals surface area contributed by atoms with Crippen molar-refractivity contribution in [2.24, 2.45) is 5.92 Å². The van der Waals surface area contributed by atoms with Gasteiger partial charge in [-0.15, -0.1) is 0 Å². The van der Waals surface area contributed by atoms with E-state index in [1.54, 1.807) is 12.4 Å². The average Bonchev–Trinajstić information content (AvgIpc) is 3.08. The van der Waals surface area contributed by atoms with E-state index < -0.39 is 6.03 Å². The van der Waals surface area contributed by atoms with Crippen LogP contribution in [-0.4, -0.2) is 72.0 Å². The molecule has 0 radical (unpaired) electrons. The number of carbonyl (C=O) groups is 3. The van der Waals surface area contributed by atoms with Gasteiger partial charge in [0.15, 0.2) is 0 Å². The summed E-state index contributed by atoms with van der Waals surface area (Å²) in [6, 6.07) is 3.31. The second-order valence-corrected chi connectivity index (χ2v) is 6.15. The Morgan fingerprint density at radius 1 is 1.33 bits per heavy atom. The summed E-state index contributed by atoms with van der Waals surface area (Å²) in [5.74, 6) is -0.542. The van der Waals surface area contributed by atoms with E-state index in [-0.39, 0.29) is 36.9 Å². The highest BCUT2D eigenvalue weighted by Crippen LogP contribution is 2.19. The van der Waals surface area contributed by atoms with E-state index in [2.05, 4.69) is 10.3 Å². The molecule has 2 fully saturated rings. The molecular formula is C16H20N4O4. The molecule has 4 amide bonds. The Morgan fingerprint density at radius 3 is 2.75 bits per heavy atom. The first-order valence-corrected chi connectivity index (χ1v) is 7.86. The fourth-order valence-electron chi connectivity index (χ4n) is 3.00. The van der Waals surface area contributed by atoms with Crippen LogP contribution in [-0.2, 0) is 20.7 Å². The summed E-state index contributed by atoms with van der Waals surface area (Å²) in [4.78, 5) is 42.0. The molecule has 0 saturated carbocycles. The molecule has 0 spiro atoms. The minimum atomic E-state index is -0.439. The van der Waals surface area contributed by atoms with Crippen molar-refractivity contribution in [3.63, 3.8) is 0 Å². The van der Waals surface area contributed by atoms with Crippen LogP contribution in [0.25, 0.3) is 0 Å². The lowest BCUT2D eigenvalue weighted by molar-refractivity contribution is -0.131. The van der Waals surface area contributed by atoms with Crippen LogP contribution in [0.5, 0.6) is 0 Å². The Morgan fingerprint density at radius 2 is 2.08 bits per heavy atom. The summed E-state index contributed by atoms with van der Waals surface area (Å²) >= 11 is 0. The molecule has 24 heavy (non-hydrogen) atoms. The molecule has 2 aliphatic heterocycles. The fourth-order valence-corrected chi connectivity index (χ4v) is 3.00.